The van der Waals surface area contributed by atoms with Gasteiger partial charge in [0, 0.05) is 22.7 Å². The normalized spacial score (nSPS) is 11.5. The summed E-state index contributed by atoms with van der Waals surface area (Å²) in [5.41, 5.74) is 6.16. The molecule has 118 valence electrons. The van der Waals surface area contributed by atoms with Crippen LogP contribution < -0.4 is 10.5 Å². The van der Waals surface area contributed by atoms with E-state index < -0.39 is 11.6 Å². The number of rotatable bonds is 3. The highest BCUT2D eigenvalue weighted by molar-refractivity contribution is 5.92. The number of hydrogen-bond donors (Lipinski definition) is 2. The summed E-state index contributed by atoms with van der Waals surface area (Å²) in [6.45, 7) is 5.81. The van der Waals surface area contributed by atoms with E-state index in [1.54, 1.807) is 19.4 Å². The van der Waals surface area contributed by atoms with E-state index in [4.69, 9.17) is 10.5 Å². The van der Waals surface area contributed by atoms with Crippen molar-refractivity contribution in [3.8, 4) is 5.75 Å². The number of nitrogens with zero attached hydrogens (tertiary/aromatic N) is 2. The van der Waals surface area contributed by atoms with E-state index in [0.717, 1.165) is 16.3 Å². The predicted octanol–water partition coefficient (Wildman–Crippen LogP) is 3.10. The Bertz CT molecular complexity index is 708. The lowest BCUT2D eigenvalue weighted by atomic mass is 10.0. The topological polar surface area (TPSA) is 88.7 Å². The molecule has 1 amide bonds. The van der Waals surface area contributed by atoms with E-state index in [-0.39, 0.29) is 6.54 Å². The average Bonchev–Trinajstić information content (AvgIpc) is 2.42. The number of aromatic nitrogens is 1. The second-order valence-electron chi connectivity index (χ2n) is 6.12. The van der Waals surface area contributed by atoms with Gasteiger partial charge in [-0.25, -0.2) is 9.78 Å². The summed E-state index contributed by atoms with van der Waals surface area (Å²) >= 11 is 0. The summed E-state index contributed by atoms with van der Waals surface area (Å²) in [7, 11) is 1.55. The van der Waals surface area contributed by atoms with Gasteiger partial charge in [0.25, 0.3) is 0 Å². The van der Waals surface area contributed by atoms with Crippen LogP contribution in [0.4, 0.5) is 10.6 Å². The van der Waals surface area contributed by atoms with Gasteiger partial charge in [-0.15, -0.1) is 0 Å². The first-order chi connectivity index (χ1) is 10.2. The van der Waals surface area contributed by atoms with Gasteiger partial charge in [-0.1, -0.05) is 0 Å². The van der Waals surface area contributed by atoms with Crippen molar-refractivity contribution in [2.45, 2.75) is 32.9 Å². The van der Waals surface area contributed by atoms with Crippen LogP contribution in [-0.2, 0) is 6.54 Å². The minimum Gasteiger partial charge on any atom is -0.496 e. The number of methoxy groups -OCH3 is 1. The fourth-order valence-electron chi connectivity index (χ4n) is 2.35. The van der Waals surface area contributed by atoms with Crippen molar-refractivity contribution in [2.75, 3.05) is 12.8 Å². The second kappa shape index (κ2) is 5.71. The summed E-state index contributed by atoms with van der Waals surface area (Å²) in [4.78, 5) is 17.0. The number of nitrogens with two attached hydrogens (primary N) is 1. The molecule has 0 radical (unpaired) electrons. The van der Waals surface area contributed by atoms with Gasteiger partial charge in [0.05, 0.1) is 13.7 Å². The van der Waals surface area contributed by atoms with Gasteiger partial charge in [-0.3, -0.25) is 4.90 Å². The van der Waals surface area contributed by atoms with Gasteiger partial charge in [-0.2, -0.15) is 0 Å². The number of hydrogen-bond acceptors (Lipinski definition) is 4. The molecule has 22 heavy (non-hydrogen) atoms. The van der Waals surface area contributed by atoms with Crippen molar-refractivity contribution in [3.63, 3.8) is 0 Å². The van der Waals surface area contributed by atoms with Gasteiger partial charge in [0.2, 0.25) is 0 Å². The molecule has 0 saturated carbocycles. The second-order valence-corrected chi connectivity index (χ2v) is 6.12. The molecule has 0 aliphatic rings. The number of pyridine rings is 1. The van der Waals surface area contributed by atoms with Crippen LogP contribution in [0.15, 0.2) is 24.4 Å². The number of nitrogen functional groups attached to an aromatic ring is 1. The van der Waals surface area contributed by atoms with Crippen LogP contribution in [0.25, 0.3) is 10.8 Å². The van der Waals surface area contributed by atoms with Gasteiger partial charge in [0.15, 0.2) is 0 Å². The Labute approximate surface area is 129 Å². The number of benzene rings is 1. The highest BCUT2D eigenvalue weighted by Gasteiger charge is 2.27. The molecule has 0 atom stereocenters. The number of amides is 1. The Balaban J connectivity index is 2.52. The lowest BCUT2D eigenvalue weighted by molar-refractivity contribution is 0.0951. The van der Waals surface area contributed by atoms with E-state index >= 15 is 0 Å². The molecule has 6 heteroatoms. The third-order valence-corrected chi connectivity index (χ3v) is 3.57. The van der Waals surface area contributed by atoms with Crippen molar-refractivity contribution < 1.29 is 14.6 Å². The van der Waals surface area contributed by atoms with Crippen LogP contribution in [0.5, 0.6) is 5.75 Å². The van der Waals surface area contributed by atoms with E-state index in [2.05, 4.69) is 4.98 Å². The summed E-state index contributed by atoms with van der Waals surface area (Å²) < 4.78 is 5.40. The largest absolute Gasteiger partial charge is 0.496 e. The lowest BCUT2D eigenvalue weighted by Crippen LogP contribution is -2.44. The van der Waals surface area contributed by atoms with Gasteiger partial charge < -0.3 is 15.6 Å². The average molecular weight is 303 g/mol. The van der Waals surface area contributed by atoms with Crippen molar-refractivity contribution in [2.24, 2.45) is 0 Å². The van der Waals surface area contributed by atoms with Crippen LogP contribution in [-0.4, -0.2) is 33.7 Å². The molecule has 1 aromatic carbocycles. The quantitative estimate of drug-likeness (QED) is 0.909. The standard InChI is InChI=1S/C16H21N3O3/c1-16(2,3)19(15(20)21)9-11-7-10-5-6-18-14(17)12(10)8-13(11)22-4/h5-8H,9H2,1-4H3,(H2,17,18)(H,20,21). The van der Waals surface area contributed by atoms with E-state index in [1.807, 2.05) is 32.9 Å². The molecule has 0 saturated heterocycles. The Morgan fingerprint density at radius 3 is 2.64 bits per heavy atom. The van der Waals surface area contributed by atoms with Crippen LogP contribution in [0, 0.1) is 0 Å². The molecular weight excluding hydrogens is 282 g/mol. The number of ether oxygens (including phenoxy) is 1. The van der Waals surface area contributed by atoms with Gasteiger partial charge in [0.1, 0.15) is 11.6 Å². The summed E-state index contributed by atoms with van der Waals surface area (Å²) in [5, 5.41) is 11.1. The SMILES string of the molecule is COc1cc2c(N)nccc2cc1CN(C(=O)O)C(C)(C)C. The zero-order valence-electron chi connectivity index (χ0n) is 13.3. The predicted molar refractivity (Wildman–Crippen MR) is 86.0 cm³/mol. The zero-order valence-corrected chi connectivity index (χ0v) is 13.3. The monoisotopic (exact) mass is 303 g/mol. The maximum Gasteiger partial charge on any atom is 0.408 e. The van der Waals surface area contributed by atoms with E-state index in [1.165, 1.54) is 4.90 Å². The first-order valence-electron chi connectivity index (χ1n) is 6.95. The first kappa shape index (κ1) is 15.9. The third-order valence-electron chi connectivity index (χ3n) is 3.57. The minimum absolute atomic E-state index is 0.236. The van der Waals surface area contributed by atoms with Gasteiger partial charge >= 0.3 is 6.09 Å². The molecule has 0 bridgehead atoms. The maximum atomic E-state index is 11.5. The molecular formula is C16H21N3O3. The fraction of sp³-hybridized carbons (Fsp3) is 0.375. The van der Waals surface area contributed by atoms with Crippen LogP contribution in [0.1, 0.15) is 26.3 Å². The third kappa shape index (κ3) is 3.05. The molecule has 3 N–H and O–H groups in total. The zero-order chi connectivity index (χ0) is 16.5. The smallest absolute Gasteiger partial charge is 0.408 e. The molecule has 1 aromatic heterocycles. The Morgan fingerprint density at radius 1 is 1.41 bits per heavy atom. The summed E-state index contributed by atoms with van der Waals surface area (Å²) in [5.74, 6) is 1.02. The first-order valence-corrected chi connectivity index (χ1v) is 6.95. The number of carboxylic acid groups (broad SMARTS) is 1. The van der Waals surface area contributed by atoms with Gasteiger partial charge in [-0.05, 0) is 44.4 Å². The van der Waals surface area contributed by atoms with Crippen molar-refractivity contribution in [1.29, 1.82) is 0 Å². The van der Waals surface area contributed by atoms with Crippen LogP contribution >= 0.6 is 0 Å². The molecule has 2 aromatic rings. The van der Waals surface area contributed by atoms with E-state index in [9.17, 15) is 9.90 Å². The van der Waals surface area contributed by atoms with Crippen LogP contribution in [0.2, 0.25) is 0 Å². The maximum absolute atomic E-state index is 11.5. The minimum atomic E-state index is -0.969. The molecule has 6 nitrogen and oxygen atoms in total. The molecule has 2 rings (SSSR count). The van der Waals surface area contributed by atoms with Crippen molar-refractivity contribution >= 4 is 22.7 Å². The van der Waals surface area contributed by atoms with E-state index in [0.29, 0.717) is 11.6 Å². The number of fused-ring (bicyclic) bond motifs is 1. The molecule has 0 aliphatic carbocycles. The number of carbonyl (C=O) groups is 1. The molecule has 0 aliphatic heterocycles. The highest BCUT2D eigenvalue weighted by atomic mass is 16.5. The summed E-state index contributed by atoms with van der Waals surface area (Å²) in [6, 6.07) is 5.54. The number of anilines is 1. The van der Waals surface area contributed by atoms with Crippen molar-refractivity contribution in [1.82, 2.24) is 9.88 Å². The Kier molecular flexibility index (Phi) is 4.12. The molecule has 1 heterocycles. The lowest BCUT2D eigenvalue weighted by Gasteiger charge is -2.33. The molecule has 0 spiro atoms. The molecule has 0 unspecified atom stereocenters. The Morgan fingerprint density at radius 2 is 2.09 bits per heavy atom. The highest BCUT2D eigenvalue weighted by Crippen LogP contribution is 2.30. The van der Waals surface area contributed by atoms with Crippen molar-refractivity contribution in [3.05, 3.63) is 30.0 Å². The Hall–Kier alpha value is -2.50. The fourth-order valence-corrected chi connectivity index (χ4v) is 2.35. The van der Waals surface area contributed by atoms with Crippen LogP contribution in [0.3, 0.4) is 0 Å². The summed E-state index contributed by atoms with van der Waals surface area (Å²) in [6.07, 6.45) is 0.663. The molecule has 0 fully saturated rings.